The second-order valence-corrected chi connectivity index (χ2v) is 9.34. The summed E-state index contributed by atoms with van der Waals surface area (Å²) in [6.45, 7) is 3.89. The predicted octanol–water partition coefficient (Wildman–Crippen LogP) is 7.50. The maximum absolute atomic E-state index is 11.5. The van der Waals surface area contributed by atoms with Crippen molar-refractivity contribution in [3.05, 3.63) is 59.7 Å². The summed E-state index contributed by atoms with van der Waals surface area (Å²) in [6, 6.07) is 15.9. The van der Waals surface area contributed by atoms with Gasteiger partial charge in [-0.3, -0.25) is 0 Å². The van der Waals surface area contributed by atoms with Crippen LogP contribution in [0.25, 0.3) is 0 Å². The van der Waals surface area contributed by atoms with E-state index in [-0.39, 0.29) is 5.97 Å². The van der Waals surface area contributed by atoms with Gasteiger partial charge >= 0.3 is 5.97 Å². The third-order valence-electron chi connectivity index (χ3n) is 6.86. The summed E-state index contributed by atoms with van der Waals surface area (Å²) in [5.74, 6) is 2.23. The van der Waals surface area contributed by atoms with Crippen molar-refractivity contribution in [2.45, 2.75) is 96.0 Å². The Morgan fingerprint density at radius 2 is 1.27 bits per heavy atom. The zero-order chi connectivity index (χ0) is 23.5. The molecule has 2 aliphatic carbocycles. The molecule has 0 aromatic heterocycles. The zero-order valence-electron chi connectivity index (χ0n) is 20.3. The Hall–Kier alpha value is -2.49. The van der Waals surface area contributed by atoms with Crippen LogP contribution in [0.3, 0.4) is 0 Å². The highest BCUT2D eigenvalue weighted by atomic mass is 16.6. The summed E-state index contributed by atoms with van der Waals surface area (Å²) in [6.07, 6.45) is 12.8. The van der Waals surface area contributed by atoms with E-state index >= 15 is 0 Å². The fraction of sp³-hybridized carbons (Fsp3) is 0.552. The fourth-order valence-corrected chi connectivity index (χ4v) is 4.95. The molecular formula is C29H40O4. The van der Waals surface area contributed by atoms with E-state index in [9.17, 15) is 4.79 Å². The molecule has 4 heteroatoms. The average Bonchev–Trinajstić information content (AvgIpc) is 2.86. The lowest BCUT2D eigenvalue weighted by atomic mass is 9.84. The van der Waals surface area contributed by atoms with Crippen molar-refractivity contribution in [1.29, 1.82) is 0 Å². The molecule has 2 aromatic carbocycles. The summed E-state index contributed by atoms with van der Waals surface area (Å²) < 4.78 is 10.5. The standard InChI is InChI=1S/C17H24O3.C12H16O/c1-3-19-17(18)13(2)20-16-11-9-15(10-12-16)14-7-5-4-6-8-14;13-12-8-6-11(7-9-12)10-4-2-1-3-5-10/h9-14H,3-8H2,1-2H3;6-10,13H,1-5H2. The van der Waals surface area contributed by atoms with Gasteiger partial charge in [-0.2, -0.15) is 0 Å². The second kappa shape index (κ2) is 13.3. The van der Waals surface area contributed by atoms with Crippen molar-refractivity contribution in [2.24, 2.45) is 0 Å². The van der Waals surface area contributed by atoms with Crippen molar-refractivity contribution in [3.8, 4) is 11.5 Å². The Morgan fingerprint density at radius 1 is 0.818 bits per heavy atom. The molecule has 4 rings (SSSR count). The quantitative estimate of drug-likeness (QED) is 0.461. The van der Waals surface area contributed by atoms with E-state index in [4.69, 9.17) is 14.6 Å². The molecule has 0 heterocycles. The highest BCUT2D eigenvalue weighted by Gasteiger charge is 2.18. The van der Waals surface area contributed by atoms with Crippen molar-refractivity contribution < 1.29 is 19.4 Å². The number of phenols is 1. The number of rotatable bonds is 6. The van der Waals surface area contributed by atoms with Crippen molar-refractivity contribution >= 4 is 5.97 Å². The van der Waals surface area contributed by atoms with E-state index in [0.717, 1.165) is 11.7 Å². The van der Waals surface area contributed by atoms with Gasteiger partial charge in [0.2, 0.25) is 0 Å². The van der Waals surface area contributed by atoms with Crippen LogP contribution in [-0.4, -0.2) is 23.8 Å². The molecule has 180 valence electrons. The molecule has 0 radical (unpaired) electrons. The second-order valence-electron chi connectivity index (χ2n) is 9.34. The molecule has 2 fully saturated rings. The highest BCUT2D eigenvalue weighted by Crippen LogP contribution is 2.34. The molecule has 2 saturated carbocycles. The number of esters is 1. The number of phenolic OH excluding ortho intramolecular Hbond substituents is 1. The van der Waals surface area contributed by atoms with Crippen LogP contribution in [0.5, 0.6) is 11.5 Å². The van der Waals surface area contributed by atoms with Gasteiger partial charge in [-0.1, -0.05) is 62.8 Å². The molecule has 2 aromatic rings. The smallest absolute Gasteiger partial charge is 0.347 e. The fourth-order valence-electron chi connectivity index (χ4n) is 4.95. The number of hydrogen-bond acceptors (Lipinski definition) is 4. The maximum Gasteiger partial charge on any atom is 0.347 e. The molecule has 4 nitrogen and oxygen atoms in total. The lowest BCUT2D eigenvalue weighted by Gasteiger charge is -2.22. The molecule has 0 saturated heterocycles. The maximum atomic E-state index is 11.5. The summed E-state index contributed by atoms with van der Waals surface area (Å²) in [5.41, 5.74) is 2.79. The molecule has 0 spiro atoms. The molecule has 2 aliphatic rings. The monoisotopic (exact) mass is 452 g/mol. The predicted molar refractivity (Wildman–Crippen MR) is 133 cm³/mol. The van der Waals surface area contributed by atoms with E-state index < -0.39 is 6.10 Å². The Morgan fingerprint density at radius 3 is 1.73 bits per heavy atom. The van der Waals surface area contributed by atoms with Crippen LogP contribution in [0.2, 0.25) is 0 Å². The summed E-state index contributed by atoms with van der Waals surface area (Å²) in [5, 5.41) is 9.16. The molecule has 0 amide bonds. The van der Waals surface area contributed by atoms with Gasteiger partial charge in [0.25, 0.3) is 0 Å². The van der Waals surface area contributed by atoms with Crippen molar-refractivity contribution in [2.75, 3.05) is 6.61 Å². The van der Waals surface area contributed by atoms with E-state index in [0.29, 0.717) is 18.3 Å². The average molecular weight is 453 g/mol. The lowest BCUT2D eigenvalue weighted by molar-refractivity contribution is -0.150. The minimum absolute atomic E-state index is 0.316. The first kappa shape index (κ1) is 25.1. The summed E-state index contributed by atoms with van der Waals surface area (Å²) >= 11 is 0. The summed E-state index contributed by atoms with van der Waals surface area (Å²) in [7, 11) is 0. The number of carbonyl (C=O) groups excluding carboxylic acids is 1. The minimum Gasteiger partial charge on any atom is -0.508 e. The lowest BCUT2D eigenvalue weighted by Crippen LogP contribution is -2.26. The van der Waals surface area contributed by atoms with E-state index in [2.05, 4.69) is 24.3 Å². The first-order chi connectivity index (χ1) is 16.1. The normalized spacial score (nSPS) is 18.0. The van der Waals surface area contributed by atoms with E-state index in [1.807, 2.05) is 12.1 Å². The van der Waals surface area contributed by atoms with Gasteiger partial charge < -0.3 is 14.6 Å². The van der Waals surface area contributed by atoms with Crippen molar-refractivity contribution in [3.63, 3.8) is 0 Å². The van der Waals surface area contributed by atoms with Gasteiger partial charge in [-0.05, 0) is 86.8 Å². The van der Waals surface area contributed by atoms with Crippen LogP contribution < -0.4 is 4.74 Å². The van der Waals surface area contributed by atoms with E-state index in [1.165, 1.54) is 75.3 Å². The molecule has 0 aliphatic heterocycles. The Kier molecular flexibility index (Phi) is 10.1. The first-order valence-corrected chi connectivity index (χ1v) is 12.8. The van der Waals surface area contributed by atoms with Crippen LogP contribution >= 0.6 is 0 Å². The molecule has 0 bridgehead atoms. The highest BCUT2D eigenvalue weighted by molar-refractivity contribution is 5.74. The topological polar surface area (TPSA) is 55.8 Å². The Labute approximate surface area is 199 Å². The molecule has 1 atom stereocenters. The third kappa shape index (κ3) is 8.10. The van der Waals surface area contributed by atoms with Gasteiger partial charge in [0.15, 0.2) is 6.10 Å². The van der Waals surface area contributed by atoms with E-state index in [1.54, 1.807) is 26.0 Å². The number of ether oxygens (including phenoxy) is 2. The Bertz CT molecular complexity index is 816. The molecule has 33 heavy (non-hydrogen) atoms. The SMILES string of the molecule is CCOC(=O)C(C)Oc1ccc(C2CCCCC2)cc1.Oc1ccc(C2CCCCC2)cc1. The van der Waals surface area contributed by atoms with Gasteiger partial charge in [-0.25, -0.2) is 4.79 Å². The number of carbonyl (C=O) groups is 1. The summed E-state index contributed by atoms with van der Waals surface area (Å²) in [4.78, 5) is 11.5. The number of benzene rings is 2. The third-order valence-corrected chi connectivity index (χ3v) is 6.86. The minimum atomic E-state index is -0.560. The largest absolute Gasteiger partial charge is 0.508 e. The van der Waals surface area contributed by atoms with Gasteiger partial charge in [-0.15, -0.1) is 0 Å². The van der Waals surface area contributed by atoms with Gasteiger partial charge in [0.1, 0.15) is 11.5 Å². The first-order valence-electron chi connectivity index (χ1n) is 12.8. The van der Waals surface area contributed by atoms with Crippen LogP contribution in [0, 0.1) is 0 Å². The molecule has 1 N–H and O–H groups in total. The number of hydrogen-bond donors (Lipinski definition) is 1. The zero-order valence-corrected chi connectivity index (χ0v) is 20.3. The molecule has 1 unspecified atom stereocenters. The van der Waals surface area contributed by atoms with Crippen LogP contribution in [0.1, 0.15) is 101 Å². The van der Waals surface area contributed by atoms with Gasteiger partial charge in [0.05, 0.1) is 6.61 Å². The van der Waals surface area contributed by atoms with Crippen LogP contribution in [0.15, 0.2) is 48.5 Å². The van der Waals surface area contributed by atoms with Crippen molar-refractivity contribution in [1.82, 2.24) is 0 Å². The van der Waals surface area contributed by atoms with Crippen LogP contribution in [0.4, 0.5) is 0 Å². The number of aromatic hydroxyl groups is 1. The van der Waals surface area contributed by atoms with Crippen LogP contribution in [-0.2, 0) is 9.53 Å². The van der Waals surface area contributed by atoms with Gasteiger partial charge in [0, 0.05) is 0 Å². The Balaban J connectivity index is 0.000000203. The molecular weight excluding hydrogens is 412 g/mol.